The van der Waals surface area contributed by atoms with Gasteiger partial charge in [-0.05, 0) is 25.8 Å². The number of hydrogen-bond acceptors (Lipinski definition) is 4. The molecule has 0 bridgehead atoms. The summed E-state index contributed by atoms with van der Waals surface area (Å²) in [6.07, 6.45) is 0.978. The van der Waals surface area contributed by atoms with Crippen LogP contribution in [0.2, 0.25) is 0 Å². The van der Waals surface area contributed by atoms with Crippen LogP contribution in [-0.4, -0.2) is 42.1 Å². The molecule has 1 aromatic rings. The summed E-state index contributed by atoms with van der Waals surface area (Å²) in [7, 11) is 0. The normalized spacial score (nSPS) is 14.2. The van der Waals surface area contributed by atoms with Crippen LogP contribution >= 0.6 is 0 Å². The van der Waals surface area contributed by atoms with Crippen LogP contribution in [0.4, 0.5) is 4.39 Å². The van der Waals surface area contributed by atoms with E-state index in [0.717, 1.165) is 12.8 Å². The number of aliphatic hydroxyl groups excluding tert-OH is 2. The minimum Gasteiger partial charge on any atom is -0.396 e. The van der Waals surface area contributed by atoms with Crippen LogP contribution in [0, 0.1) is 5.82 Å². The van der Waals surface area contributed by atoms with Crippen molar-refractivity contribution in [1.29, 1.82) is 0 Å². The summed E-state index contributed by atoms with van der Waals surface area (Å²) in [6, 6.07) is 6.67. The van der Waals surface area contributed by atoms with Crippen LogP contribution in [0.15, 0.2) is 24.3 Å². The number of aliphatic hydroxyl groups is 2. The Kier molecular flexibility index (Phi) is 8.37. The Labute approximate surface area is 119 Å². The smallest absolute Gasteiger partial charge is 0.128 e. The van der Waals surface area contributed by atoms with E-state index >= 15 is 0 Å². The molecule has 3 N–H and O–H groups in total. The summed E-state index contributed by atoms with van der Waals surface area (Å²) in [5, 5.41) is 21.6. The van der Waals surface area contributed by atoms with Gasteiger partial charge in [0, 0.05) is 24.8 Å². The average Bonchev–Trinajstić information content (AvgIpc) is 2.45. The monoisotopic (exact) mass is 285 g/mol. The van der Waals surface area contributed by atoms with Gasteiger partial charge in [-0.25, -0.2) is 4.39 Å². The highest BCUT2D eigenvalue weighted by Crippen LogP contribution is 2.07. The second-order valence-corrected chi connectivity index (χ2v) is 4.94. The summed E-state index contributed by atoms with van der Waals surface area (Å²) >= 11 is 0. The Morgan fingerprint density at radius 1 is 1.35 bits per heavy atom. The van der Waals surface area contributed by atoms with E-state index in [9.17, 15) is 9.50 Å². The number of nitrogens with one attached hydrogen (secondary N) is 1. The van der Waals surface area contributed by atoms with Crippen LogP contribution in [0.3, 0.4) is 0 Å². The summed E-state index contributed by atoms with van der Waals surface area (Å²) < 4.78 is 18.6. The Morgan fingerprint density at radius 3 is 2.80 bits per heavy atom. The molecule has 0 aliphatic heterocycles. The summed E-state index contributed by atoms with van der Waals surface area (Å²) in [6.45, 7) is 2.92. The largest absolute Gasteiger partial charge is 0.396 e. The van der Waals surface area contributed by atoms with E-state index in [1.165, 1.54) is 6.07 Å². The summed E-state index contributed by atoms with van der Waals surface area (Å²) in [4.78, 5) is 0. The van der Waals surface area contributed by atoms with Gasteiger partial charge in [0.25, 0.3) is 0 Å². The third-order valence-electron chi connectivity index (χ3n) is 3.02. The van der Waals surface area contributed by atoms with Gasteiger partial charge in [0.2, 0.25) is 0 Å². The molecular weight excluding hydrogens is 261 g/mol. The van der Waals surface area contributed by atoms with E-state index in [2.05, 4.69) is 5.32 Å². The van der Waals surface area contributed by atoms with E-state index in [-0.39, 0.29) is 31.7 Å². The standard InChI is InChI=1S/C15H24FNO3/c1-12(5-4-8-18)17-9-14(19)11-20-10-13-6-2-3-7-15(13)16/h2-3,6-7,12,14,17-19H,4-5,8-11H2,1H3. The van der Waals surface area contributed by atoms with Gasteiger partial charge in [-0.3, -0.25) is 0 Å². The molecule has 1 aromatic carbocycles. The first-order chi connectivity index (χ1) is 9.63. The topological polar surface area (TPSA) is 61.7 Å². The lowest BCUT2D eigenvalue weighted by atomic mass is 10.2. The fraction of sp³-hybridized carbons (Fsp3) is 0.600. The van der Waals surface area contributed by atoms with E-state index in [0.29, 0.717) is 12.1 Å². The summed E-state index contributed by atoms with van der Waals surface area (Å²) in [5.74, 6) is -0.294. The van der Waals surface area contributed by atoms with Crippen molar-refractivity contribution in [2.24, 2.45) is 0 Å². The third kappa shape index (κ3) is 6.96. The van der Waals surface area contributed by atoms with Gasteiger partial charge >= 0.3 is 0 Å². The van der Waals surface area contributed by atoms with Crippen molar-refractivity contribution < 1.29 is 19.3 Å². The van der Waals surface area contributed by atoms with Crippen molar-refractivity contribution in [2.75, 3.05) is 19.8 Å². The molecule has 0 aliphatic carbocycles. The molecular formula is C15H24FNO3. The lowest BCUT2D eigenvalue weighted by molar-refractivity contribution is 0.0267. The van der Waals surface area contributed by atoms with Gasteiger partial charge in [0.1, 0.15) is 5.82 Å². The fourth-order valence-corrected chi connectivity index (χ4v) is 1.82. The molecule has 114 valence electrons. The van der Waals surface area contributed by atoms with Crippen molar-refractivity contribution in [2.45, 2.75) is 38.5 Å². The molecule has 20 heavy (non-hydrogen) atoms. The van der Waals surface area contributed by atoms with Crippen molar-refractivity contribution in [3.05, 3.63) is 35.6 Å². The highest BCUT2D eigenvalue weighted by molar-refractivity contribution is 5.16. The van der Waals surface area contributed by atoms with Gasteiger partial charge in [0.15, 0.2) is 0 Å². The van der Waals surface area contributed by atoms with Crippen molar-refractivity contribution >= 4 is 0 Å². The average molecular weight is 285 g/mol. The molecule has 0 aromatic heterocycles. The van der Waals surface area contributed by atoms with Gasteiger partial charge in [-0.15, -0.1) is 0 Å². The van der Waals surface area contributed by atoms with Crippen LogP contribution in [-0.2, 0) is 11.3 Å². The molecule has 0 heterocycles. The number of halogens is 1. The van der Waals surface area contributed by atoms with Gasteiger partial charge in [-0.1, -0.05) is 18.2 Å². The Bertz CT molecular complexity index is 376. The van der Waals surface area contributed by atoms with Crippen LogP contribution in [0.5, 0.6) is 0 Å². The molecule has 0 saturated carbocycles. The lowest BCUT2D eigenvalue weighted by Gasteiger charge is -2.17. The lowest BCUT2D eigenvalue weighted by Crippen LogP contribution is -2.36. The zero-order valence-corrected chi connectivity index (χ0v) is 11.9. The highest BCUT2D eigenvalue weighted by atomic mass is 19.1. The van der Waals surface area contributed by atoms with E-state index in [1.54, 1.807) is 18.2 Å². The van der Waals surface area contributed by atoms with Gasteiger partial charge in [-0.2, -0.15) is 0 Å². The van der Waals surface area contributed by atoms with Crippen LogP contribution < -0.4 is 5.32 Å². The Morgan fingerprint density at radius 2 is 2.10 bits per heavy atom. The maximum Gasteiger partial charge on any atom is 0.128 e. The van der Waals surface area contributed by atoms with Crippen molar-refractivity contribution in [3.63, 3.8) is 0 Å². The highest BCUT2D eigenvalue weighted by Gasteiger charge is 2.08. The molecule has 2 unspecified atom stereocenters. The number of rotatable bonds is 10. The molecule has 0 spiro atoms. The minimum atomic E-state index is -0.627. The molecule has 5 heteroatoms. The first-order valence-electron chi connectivity index (χ1n) is 6.97. The molecule has 1 rings (SSSR count). The zero-order valence-electron chi connectivity index (χ0n) is 11.9. The minimum absolute atomic E-state index is 0.157. The molecule has 2 atom stereocenters. The molecule has 4 nitrogen and oxygen atoms in total. The third-order valence-corrected chi connectivity index (χ3v) is 3.02. The summed E-state index contributed by atoms with van der Waals surface area (Å²) in [5.41, 5.74) is 0.490. The van der Waals surface area contributed by atoms with Crippen molar-refractivity contribution in [3.8, 4) is 0 Å². The number of hydrogen-bond donors (Lipinski definition) is 3. The van der Waals surface area contributed by atoms with Crippen molar-refractivity contribution in [1.82, 2.24) is 5.32 Å². The molecule has 0 amide bonds. The predicted octanol–water partition coefficient (Wildman–Crippen LogP) is 1.45. The second-order valence-electron chi connectivity index (χ2n) is 4.94. The van der Waals surface area contributed by atoms with Gasteiger partial charge < -0.3 is 20.3 Å². The predicted molar refractivity (Wildman–Crippen MR) is 75.8 cm³/mol. The quantitative estimate of drug-likeness (QED) is 0.609. The first-order valence-corrected chi connectivity index (χ1v) is 6.97. The zero-order chi connectivity index (χ0) is 14.8. The Balaban J connectivity index is 2.14. The van der Waals surface area contributed by atoms with Crippen LogP contribution in [0.25, 0.3) is 0 Å². The number of ether oxygens (including phenoxy) is 1. The van der Waals surface area contributed by atoms with Gasteiger partial charge in [0.05, 0.1) is 19.3 Å². The molecule has 0 aliphatic rings. The van der Waals surface area contributed by atoms with E-state index < -0.39 is 6.10 Å². The fourth-order valence-electron chi connectivity index (χ4n) is 1.82. The van der Waals surface area contributed by atoms with Crippen LogP contribution in [0.1, 0.15) is 25.3 Å². The first kappa shape index (κ1) is 17.0. The second kappa shape index (κ2) is 9.83. The SMILES string of the molecule is CC(CCCO)NCC(O)COCc1ccccc1F. The molecule has 0 fully saturated rings. The maximum atomic E-state index is 13.3. The van der Waals surface area contributed by atoms with E-state index in [4.69, 9.17) is 9.84 Å². The molecule has 0 saturated heterocycles. The van der Waals surface area contributed by atoms with E-state index in [1.807, 2.05) is 6.92 Å². The Hall–Kier alpha value is -1.01. The molecule has 0 radical (unpaired) electrons. The maximum absolute atomic E-state index is 13.3. The number of benzene rings is 1.